The van der Waals surface area contributed by atoms with Gasteiger partial charge in [-0.1, -0.05) is 6.07 Å². The van der Waals surface area contributed by atoms with Gasteiger partial charge < -0.3 is 10.6 Å². The molecule has 0 saturated heterocycles. The number of anilines is 3. The van der Waals surface area contributed by atoms with E-state index in [0.717, 1.165) is 11.3 Å². The average Bonchev–Trinajstić information content (AvgIpc) is 2.53. The quantitative estimate of drug-likeness (QED) is 0.753. The van der Waals surface area contributed by atoms with Crippen LogP contribution >= 0.6 is 0 Å². The van der Waals surface area contributed by atoms with E-state index in [1.807, 2.05) is 24.3 Å². The largest absolute Gasteiger partial charge is 0.365 e. The molecule has 0 unspecified atom stereocenters. The molecule has 0 bridgehead atoms. The first-order chi connectivity index (χ1) is 11.2. The zero-order valence-corrected chi connectivity index (χ0v) is 13.1. The van der Waals surface area contributed by atoms with Gasteiger partial charge in [0.05, 0.1) is 6.20 Å². The minimum Gasteiger partial charge on any atom is -0.365 e. The van der Waals surface area contributed by atoms with E-state index in [-0.39, 0.29) is 0 Å². The van der Waals surface area contributed by atoms with E-state index in [2.05, 4.69) is 50.7 Å². The summed E-state index contributed by atoms with van der Waals surface area (Å²) >= 11 is 0. The molecule has 6 heteroatoms. The fourth-order valence-electron chi connectivity index (χ4n) is 2.31. The summed E-state index contributed by atoms with van der Waals surface area (Å²) in [6.45, 7) is 4.78. The summed E-state index contributed by atoms with van der Waals surface area (Å²) < 4.78 is 0. The number of nitrogens with zero attached hydrogens (tertiary/aromatic N) is 4. The van der Waals surface area contributed by atoms with Gasteiger partial charge in [0, 0.05) is 24.6 Å². The third-order valence-corrected chi connectivity index (χ3v) is 3.26. The number of rotatable bonds is 5. The molecule has 1 aromatic carbocycles. The fraction of sp³-hybridized carbons (Fsp3) is 0.176. The molecule has 2 N–H and O–H groups in total. The third kappa shape index (κ3) is 4.23. The van der Waals surface area contributed by atoms with Crippen molar-refractivity contribution < 1.29 is 0 Å². The molecular formula is C17H18N6. The van der Waals surface area contributed by atoms with E-state index in [1.165, 1.54) is 11.1 Å². The van der Waals surface area contributed by atoms with Crippen LogP contribution in [0.3, 0.4) is 0 Å². The average molecular weight is 306 g/mol. The number of pyridine rings is 1. The maximum Gasteiger partial charge on any atom is 0.249 e. The van der Waals surface area contributed by atoms with Crippen LogP contribution < -0.4 is 10.6 Å². The second-order valence-electron chi connectivity index (χ2n) is 5.38. The molecule has 3 rings (SSSR count). The standard InChI is InChI=1S/C17H18N6/c1-12-7-13(2)9-15(8-12)21-17-22-16(11-20-23-17)19-10-14-3-5-18-6-4-14/h3-9,11H,10H2,1-2H3,(H2,19,21,22,23). The van der Waals surface area contributed by atoms with Crippen molar-refractivity contribution in [2.24, 2.45) is 0 Å². The molecule has 0 atom stereocenters. The highest BCUT2D eigenvalue weighted by Gasteiger charge is 2.03. The molecule has 116 valence electrons. The number of hydrogen-bond donors (Lipinski definition) is 2. The lowest BCUT2D eigenvalue weighted by Gasteiger charge is -2.09. The Morgan fingerprint density at radius 3 is 2.48 bits per heavy atom. The van der Waals surface area contributed by atoms with Crippen LogP contribution in [0.5, 0.6) is 0 Å². The Bertz CT molecular complexity index is 768. The van der Waals surface area contributed by atoms with Crippen molar-refractivity contribution in [1.29, 1.82) is 0 Å². The Hall–Kier alpha value is -3.02. The molecule has 0 saturated carbocycles. The van der Waals surface area contributed by atoms with Crippen molar-refractivity contribution in [2.75, 3.05) is 10.6 Å². The minimum absolute atomic E-state index is 0.467. The molecule has 2 heterocycles. The molecule has 0 aliphatic rings. The van der Waals surface area contributed by atoms with Gasteiger partial charge in [-0.05, 0) is 54.8 Å². The Kier molecular flexibility index (Phi) is 4.42. The van der Waals surface area contributed by atoms with Crippen molar-refractivity contribution in [3.63, 3.8) is 0 Å². The molecule has 0 radical (unpaired) electrons. The van der Waals surface area contributed by atoms with Crippen LogP contribution in [0.4, 0.5) is 17.5 Å². The van der Waals surface area contributed by atoms with Gasteiger partial charge in [-0.3, -0.25) is 4.98 Å². The van der Waals surface area contributed by atoms with Crippen LogP contribution in [0.15, 0.2) is 48.9 Å². The summed E-state index contributed by atoms with van der Waals surface area (Å²) in [7, 11) is 0. The molecule has 6 nitrogen and oxygen atoms in total. The van der Waals surface area contributed by atoms with Crippen molar-refractivity contribution in [3.05, 3.63) is 65.6 Å². The third-order valence-electron chi connectivity index (χ3n) is 3.26. The van der Waals surface area contributed by atoms with Gasteiger partial charge in [0.15, 0.2) is 5.82 Å². The summed E-state index contributed by atoms with van der Waals surface area (Å²) in [5.74, 6) is 1.14. The Morgan fingerprint density at radius 1 is 1.00 bits per heavy atom. The molecular weight excluding hydrogens is 288 g/mol. The lowest BCUT2D eigenvalue weighted by Crippen LogP contribution is -2.05. The predicted octanol–water partition coefficient (Wildman–Crippen LogP) is 3.24. The van der Waals surface area contributed by atoms with Crippen LogP contribution in [0, 0.1) is 13.8 Å². The smallest absolute Gasteiger partial charge is 0.249 e. The molecule has 0 aliphatic carbocycles. The lowest BCUT2D eigenvalue weighted by molar-refractivity contribution is 0.965. The van der Waals surface area contributed by atoms with E-state index in [4.69, 9.17) is 0 Å². The first-order valence-corrected chi connectivity index (χ1v) is 7.37. The highest BCUT2D eigenvalue weighted by Crippen LogP contribution is 2.17. The van der Waals surface area contributed by atoms with Gasteiger partial charge >= 0.3 is 0 Å². The van der Waals surface area contributed by atoms with Crippen molar-refractivity contribution >= 4 is 17.5 Å². The van der Waals surface area contributed by atoms with Crippen molar-refractivity contribution in [3.8, 4) is 0 Å². The fourth-order valence-corrected chi connectivity index (χ4v) is 2.31. The first-order valence-electron chi connectivity index (χ1n) is 7.37. The second-order valence-corrected chi connectivity index (χ2v) is 5.38. The highest BCUT2D eigenvalue weighted by molar-refractivity contribution is 5.56. The van der Waals surface area contributed by atoms with Crippen LogP contribution in [0.1, 0.15) is 16.7 Å². The van der Waals surface area contributed by atoms with Gasteiger partial charge in [-0.15, -0.1) is 5.10 Å². The number of aromatic nitrogens is 4. The van der Waals surface area contributed by atoms with Crippen LogP contribution in [0.25, 0.3) is 0 Å². The van der Waals surface area contributed by atoms with Crippen LogP contribution in [-0.2, 0) is 6.54 Å². The van der Waals surface area contributed by atoms with Gasteiger partial charge in [-0.2, -0.15) is 10.1 Å². The normalized spacial score (nSPS) is 10.3. The number of nitrogens with one attached hydrogen (secondary N) is 2. The summed E-state index contributed by atoms with van der Waals surface area (Å²) in [4.78, 5) is 8.43. The van der Waals surface area contributed by atoms with Crippen LogP contribution in [0.2, 0.25) is 0 Å². The van der Waals surface area contributed by atoms with E-state index < -0.39 is 0 Å². The SMILES string of the molecule is Cc1cc(C)cc(Nc2nncc(NCc3ccncc3)n2)c1. The second kappa shape index (κ2) is 6.83. The summed E-state index contributed by atoms with van der Waals surface area (Å²) in [6, 6.07) is 10.1. The summed E-state index contributed by atoms with van der Waals surface area (Å²) in [5.41, 5.74) is 4.46. The van der Waals surface area contributed by atoms with E-state index in [9.17, 15) is 0 Å². The van der Waals surface area contributed by atoms with Gasteiger partial charge in [0.2, 0.25) is 5.95 Å². The Morgan fingerprint density at radius 2 is 1.74 bits per heavy atom. The number of aryl methyl sites for hydroxylation is 2. The first kappa shape index (κ1) is 14.9. The molecule has 0 amide bonds. The van der Waals surface area contributed by atoms with E-state index >= 15 is 0 Å². The maximum atomic E-state index is 4.43. The monoisotopic (exact) mass is 306 g/mol. The molecule has 2 aromatic heterocycles. The summed E-state index contributed by atoms with van der Waals surface area (Å²) in [6.07, 6.45) is 5.14. The summed E-state index contributed by atoms with van der Waals surface area (Å²) in [5, 5.41) is 14.4. The molecule has 0 aliphatic heterocycles. The Labute approximate surface area is 135 Å². The van der Waals surface area contributed by atoms with Gasteiger partial charge in [-0.25, -0.2) is 0 Å². The number of benzene rings is 1. The lowest BCUT2D eigenvalue weighted by atomic mass is 10.1. The molecule has 0 fully saturated rings. The maximum absolute atomic E-state index is 4.43. The molecule has 0 spiro atoms. The topological polar surface area (TPSA) is 75.6 Å². The van der Waals surface area contributed by atoms with Crippen molar-refractivity contribution in [1.82, 2.24) is 20.2 Å². The van der Waals surface area contributed by atoms with Crippen molar-refractivity contribution in [2.45, 2.75) is 20.4 Å². The zero-order chi connectivity index (χ0) is 16.1. The number of hydrogen-bond acceptors (Lipinski definition) is 6. The zero-order valence-electron chi connectivity index (χ0n) is 13.1. The van der Waals surface area contributed by atoms with Crippen LogP contribution in [-0.4, -0.2) is 20.2 Å². The molecule has 3 aromatic rings. The van der Waals surface area contributed by atoms with Gasteiger partial charge in [0.1, 0.15) is 0 Å². The Balaban J connectivity index is 1.69. The van der Waals surface area contributed by atoms with Gasteiger partial charge in [0.25, 0.3) is 0 Å². The van der Waals surface area contributed by atoms with E-state index in [0.29, 0.717) is 18.3 Å². The predicted molar refractivity (Wildman–Crippen MR) is 90.6 cm³/mol. The minimum atomic E-state index is 0.467. The van der Waals surface area contributed by atoms with E-state index in [1.54, 1.807) is 18.6 Å². The highest BCUT2D eigenvalue weighted by atomic mass is 15.3. The molecule has 23 heavy (non-hydrogen) atoms.